The Bertz CT molecular complexity index is 919. The first kappa shape index (κ1) is 22.4. The lowest BCUT2D eigenvalue weighted by Gasteiger charge is -2.23. The number of alkyl halides is 3. The third kappa shape index (κ3) is 6.33. The standard InChI is InChI=1S/C17H17ClF4N2O3S/c1-24(2)10-16(11-3-8-15(19)14(18)9-11)23-28(25,26)13-6-4-12(5-7-13)27-17(20,21)22/h3-9,16,23H,10H2,1-2H3. The van der Waals surface area contributed by atoms with Gasteiger partial charge in [-0.05, 0) is 56.1 Å². The summed E-state index contributed by atoms with van der Waals surface area (Å²) < 4.78 is 81.6. The maximum Gasteiger partial charge on any atom is 0.573 e. The summed E-state index contributed by atoms with van der Waals surface area (Å²) >= 11 is 5.78. The number of hydrogen-bond donors (Lipinski definition) is 1. The summed E-state index contributed by atoms with van der Waals surface area (Å²) in [5, 5.41) is -0.158. The molecule has 28 heavy (non-hydrogen) atoms. The number of nitrogens with one attached hydrogen (secondary N) is 1. The maximum absolute atomic E-state index is 13.4. The van der Waals surface area contributed by atoms with E-state index < -0.39 is 34.0 Å². The second-order valence-corrected chi connectivity index (χ2v) is 8.25. The highest BCUT2D eigenvalue weighted by atomic mass is 35.5. The molecule has 0 saturated heterocycles. The van der Waals surface area contributed by atoms with Crippen molar-refractivity contribution in [2.75, 3.05) is 20.6 Å². The number of hydrogen-bond acceptors (Lipinski definition) is 4. The van der Waals surface area contributed by atoms with E-state index in [1.54, 1.807) is 19.0 Å². The van der Waals surface area contributed by atoms with Gasteiger partial charge in [-0.25, -0.2) is 17.5 Å². The summed E-state index contributed by atoms with van der Waals surface area (Å²) in [6.07, 6.45) is -4.88. The molecule has 5 nitrogen and oxygen atoms in total. The monoisotopic (exact) mass is 440 g/mol. The Labute approximate surface area is 164 Å². The summed E-state index contributed by atoms with van der Waals surface area (Å²) in [4.78, 5) is 1.46. The zero-order chi connectivity index (χ0) is 21.1. The van der Waals surface area contributed by atoms with E-state index in [0.717, 1.165) is 30.3 Å². The van der Waals surface area contributed by atoms with E-state index in [1.165, 1.54) is 12.1 Å². The predicted octanol–water partition coefficient (Wildman–Crippen LogP) is 3.96. The van der Waals surface area contributed by atoms with Crippen LogP contribution in [0.25, 0.3) is 0 Å². The Morgan fingerprint density at radius 2 is 1.75 bits per heavy atom. The van der Waals surface area contributed by atoms with Crippen LogP contribution in [0.4, 0.5) is 17.6 Å². The van der Waals surface area contributed by atoms with Gasteiger partial charge in [0.1, 0.15) is 11.6 Å². The van der Waals surface area contributed by atoms with Crippen LogP contribution in [0.2, 0.25) is 5.02 Å². The number of rotatable bonds is 7. The molecule has 0 aliphatic rings. The van der Waals surface area contributed by atoms with E-state index in [1.807, 2.05) is 0 Å². The second kappa shape index (κ2) is 8.64. The third-order valence-electron chi connectivity index (χ3n) is 3.56. The van der Waals surface area contributed by atoms with E-state index in [9.17, 15) is 26.0 Å². The van der Waals surface area contributed by atoms with Crippen molar-refractivity contribution in [1.82, 2.24) is 9.62 Å². The third-order valence-corrected chi connectivity index (χ3v) is 5.34. The minimum atomic E-state index is -4.88. The number of ether oxygens (including phenoxy) is 1. The zero-order valence-electron chi connectivity index (χ0n) is 14.8. The van der Waals surface area contributed by atoms with Crippen molar-refractivity contribution < 1.29 is 30.7 Å². The molecule has 0 aliphatic heterocycles. The fourth-order valence-electron chi connectivity index (χ4n) is 2.38. The van der Waals surface area contributed by atoms with Crippen molar-refractivity contribution in [1.29, 1.82) is 0 Å². The van der Waals surface area contributed by atoms with Gasteiger partial charge < -0.3 is 9.64 Å². The molecule has 1 atom stereocenters. The van der Waals surface area contributed by atoms with Crippen molar-refractivity contribution in [3.63, 3.8) is 0 Å². The van der Waals surface area contributed by atoms with Crippen LogP contribution in [-0.4, -0.2) is 40.3 Å². The lowest BCUT2D eigenvalue weighted by molar-refractivity contribution is -0.274. The number of likely N-dealkylation sites (N-methyl/N-ethyl adjacent to an activating group) is 1. The molecule has 154 valence electrons. The number of benzene rings is 2. The van der Waals surface area contributed by atoms with Gasteiger partial charge in [0.15, 0.2) is 0 Å². The molecular formula is C17H17ClF4N2O3S. The first-order valence-electron chi connectivity index (χ1n) is 7.85. The fraction of sp³-hybridized carbons (Fsp3) is 0.294. The van der Waals surface area contributed by atoms with Crippen molar-refractivity contribution in [3.8, 4) is 5.75 Å². The number of sulfonamides is 1. The van der Waals surface area contributed by atoms with Gasteiger partial charge in [-0.3, -0.25) is 0 Å². The lowest BCUT2D eigenvalue weighted by Crippen LogP contribution is -2.35. The van der Waals surface area contributed by atoms with E-state index >= 15 is 0 Å². The average molecular weight is 441 g/mol. The molecule has 11 heteroatoms. The highest BCUT2D eigenvalue weighted by Crippen LogP contribution is 2.26. The van der Waals surface area contributed by atoms with Crippen LogP contribution in [0.5, 0.6) is 5.75 Å². The Balaban J connectivity index is 2.28. The molecule has 0 saturated carbocycles. The molecule has 2 rings (SSSR count). The van der Waals surface area contributed by atoms with Crippen LogP contribution in [0.3, 0.4) is 0 Å². The normalized spacial score (nSPS) is 13.6. The van der Waals surface area contributed by atoms with Crippen LogP contribution in [0, 0.1) is 5.82 Å². The quantitative estimate of drug-likeness (QED) is 0.662. The second-order valence-electron chi connectivity index (χ2n) is 6.13. The first-order chi connectivity index (χ1) is 12.9. The van der Waals surface area contributed by atoms with E-state index in [0.29, 0.717) is 5.56 Å². The Hall–Kier alpha value is -1.88. The smallest absolute Gasteiger partial charge is 0.406 e. The summed E-state index contributed by atoms with van der Waals surface area (Å²) in [5.74, 6) is -1.18. The van der Waals surface area contributed by atoms with Gasteiger partial charge in [0, 0.05) is 6.54 Å². The van der Waals surface area contributed by atoms with Gasteiger partial charge >= 0.3 is 6.36 Å². The van der Waals surface area contributed by atoms with Crippen LogP contribution in [-0.2, 0) is 10.0 Å². The first-order valence-corrected chi connectivity index (χ1v) is 9.71. The van der Waals surface area contributed by atoms with Crippen LogP contribution in [0.15, 0.2) is 47.4 Å². The molecule has 0 radical (unpaired) electrons. The molecule has 0 aromatic heterocycles. The molecule has 0 aliphatic carbocycles. The van der Waals surface area contributed by atoms with Gasteiger partial charge in [0.05, 0.1) is 16.0 Å². The van der Waals surface area contributed by atoms with Crippen molar-refractivity contribution in [3.05, 3.63) is 58.9 Å². The molecule has 0 heterocycles. The fourth-order valence-corrected chi connectivity index (χ4v) is 3.79. The van der Waals surface area contributed by atoms with Gasteiger partial charge in [0.25, 0.3) is 0 Å². The molecule has 0 amide bonds. The van der Waals surface area contributed by atoms with Crippen LogP contribution < -0.4 is 9.46 Å². The maximum atomic E-state index is 13.4. The van der Waals surface area contributed by atoms with Gasteiger partial charge in [-0.1, -0.05) is 17.7 Å². The van der Waals surface area contributed by atoms with Gasteiger partial charge in [-0.15, -0.1) is 13.2 Å². The van der Waals surface area contributed by atoms with Gasteiger partial charge in [-0.2, -0.15) is 0 Å². The topological polar surface area (TPSA) is 58.6 Å². The number of halogens is 5. The van der Waals surface area contributed by atoms with Crippen molar-refractivity contribution in [2.45, 2.75) is 17.3 Å². The van der Waals surface area contributed by atoms with Crippen molar-refractivity contribution in [2.24, 2.45) is 0 Å². The lowest BCUT2D eigenvalue weighted by atomic mass is 10.1. The predicted molar refractivity (Wildman–Crippen MR) is 96.2 cm³/mol. The van der Waals surface area contributed by atoms with E-state index in [2.05, 4.69) is 9.46 Å². The summed E-state index contributed by atoms with van der Waals surface area (Å²) in [6.45, 7) is 0.233. The summed E-state index contributed by atoms with van der Waals surface area (Å²) in [6, 6.07) is 6.85. The van der Waals surface area contributed by atoms with Gasteiger partial charge in [0.2, 0.25) is 10.0 Å². The van der Waals surface area contributed by atoms with E-state index in [4.69, 9.17) is 11.6 Å². The Kier molecular flexibility index (Phi) is 6.92. The largest absolute Gasteiger partial charge is 0.573 e. The van der Waals surface area contributed by atoms with Crippen LogP contribution >= 0.6 is 11.6 Å². The van der Waals surface area contributed by atoms with Crippen molar-refractivity contribution >= 4 is 21.6 Å². The molecule has 1 unspecified atom stereocenters. The number of nitrogens with zero attached hydrogens (tertiary/aromatic N) is 1. The Morgan fingerprint density at radius 1 is 1.14 bits per heavy atom. The molecule has 0 bridgehead atoms. The molecule has 0 fully saturated rings. The highest BCUT2D eigenvalue weighted by Gasteiger charge is 2.31. The van der Waals surface area contributed by atoms with E-state index in [-0.39, 0.29) is 16.5 Å². The minimum Gasteiger partial charge on any atom is -0.406 e. The molecule has 2 aromatic rings. The molecular weight excluding hydrogens is 424 g/mol. The minimum absolute atomic E-state index is 0.158. The van der Waals surface area contributed by atoms with Crippen LogP contribution in [0.1, 0.15) is 11.6 Å². The zero-order valence-corrected chi connectivity index (χ0v) is 16.4. The molecule has 1 N–H and O–H groups in total. The average Bonchev–Trinajstić information content (AvgIpc) is 2.55. The Morgan fingerprint density at radius 3 is 2.25 bits per heavy atom. The summed E-state index contributed by atoms with van der Waals surface area (Å²) in [5.41, 5.74) is 0.431. The molecule has 0 spiro atoms. The SMILES string of the molecule is CN(C)CC(NS(=O)(=O)c1ccc(OC(F)(F)F)cc1)c1ccc(F)c(Cl)c1. The molecule has 2 aromatic carbocycles. The summed E-state index contributed by atoms with van der Waals surface area (Å²) in [7, 11) is -0.651. The highest BCUT2D eigenvalue weighted by molar-refractivity contribution is 7.89.